The molecule has 0 atom stereocenters. The maximum atomic E-state index is 12.3. The lowest BCUT2D eigenvalue weighted by atomic mass is 10.1. The van der Waals surface area contributed by atoms with Crippen LogP contribution in [0.4, 0.5) is 5.69 Å². The Morgan fingerprint density at radius 2 is 1.88 bits per heavy atom. The molecule has 3 rings (SSSR count). The van der Waals surface area contributed by atoms with E-state index in [-0.39, 0.29) is 17.2 Å². The first-order valence-electron chi connectivity index (χ1n) is 9.85. The van der Waals surface area contributed by atoms with Crippen LogP contribution in [0.1, 0.15) is 11.1 Å². The minimum Gasteiger partial charge on any atom is -0.494 e. The molecule has 0 bridgehead atoms. The summed E-state index contributed by atoms with van der Waals surface area (Å²) in [6, 6.07) is 14.6. The van der Waals surface area contributed by atoms with Crippen molar-refractivity contribution in [3.8, 4) is 17.4 Å². The third-order valence-electron chi connectivity index (χ3n) is 4.67. The number of rotatable bonds is 8. The predicted octanol–water partition coefficient (Wildman–Crippen LogP) is 1.82. The molecule has 4 N–H and O–H groups in total. The molecule has 1 heterocycles. The van der Waals surface area contributed by atoms with Gasteiger partial charge in [-0.05, 0) is 48.5 Å². The first-order chi connectivity index (χ1) is 15.9. The molecule has 1 aromatic heterocycles. The summed E-state index contributed by atoms with van der Waals surface area (Å²) >= 11 is 5.14. The Balaban J connectivity index is 1.73. The minimum absolute atomic E-state index is 0.110. The zero-order chi connectivity index (χ0) is 23.8. The van der Waals surface area contributed by atoms with Crippen LogP contribution in [-0.4, -0.2) is 40.2 Å². The van der Waals surface area contributed by atoms with Crippen LogP contribution in [0.3, 0.4) is 0 Å². The highest BCUT2D eigenvalue weighted by atomic mass is 32.1. The number of para-hydroxylation sites is 1. The number of methoxy groups -OCH3 is 2. The molecular weight excluding hydrogens is 446 g/mol. The largest absolute Gasteiger partial charge is 0.494 e. The SMILES string of the molecule is COc1ccc(CCn2c(O)c(C=NNC(=S)Nc3ccccc3)c(=O)[nH]c2=O)cc1OC. The number of hydrogen-bond donors (Lipinski definition) is 4. The van der Waals surface area contributed by atoms with Gasteiger partial charge in [-0.25, -0.2) is 4.79 Å². The first kappa shape index (κ1) is 23.5. The average Bonchev–Trinajstić information content (AvgIpc) is 2.81. The van der Waals surface area contributed by atoms with Crippen molar-refractivity contribution in [1.82, 2.24) is 15.0 Å². The fraction of sp³-hybridized carbons (Fsp3) is 0.182. The highest BCUT2D eigenvalue weighted by molar-refractivity contribution is 7.80. The summed E-state index contributed by atoms with van der Waals surface area (Å²) in [6.45, 7) is 0.110. The summed E-state index contributed by atoms with van der Waals surface area (Å²) in [5.74, 6) is 0.625. The summed E-state index contributed by atoms with van der Waals surface area (Å²) in [5.41, 5.74) is 2.48. The molecule has 0 saturated heterocycles. The second-order valence-electron chi connectivity index (χ2n) is 6.78. The summed E-state index contributed by atoms with van der Waals surface area (Å²) in [5, 5.41) is 17.5. The number of aromatic nitrogens is 2. The van der Waals surface area contributed by atoms with Crippen LogP contribution in [0.15, 0.2) is 63.2 Å². The molecular formula is C22H23N5O5S. The number of aromatic amines is 1. The van der Waals surface area contributed by atoms with Gasteiger partial charge in [-0.2, -0.15) is 5.10 Å². The Morgan fingerprint density at radius 1 is 1.15 bits per heavy atom. The van der Waals surface area contributed by atoms with Crippen LogP contribution < -0.4 is 31.5 Å². The van der Waals surface area contributed by atoms with E-state index in [1.807, 2.05) is 36.4 Å². The van der Waals surface area contributed by atoms with Crippen LogP contribution in [0.2, 0.25) is 0 Å². The van der Waals surface area contributed by atoms with Gasteiger partial charge in [-0.3, -0.25) is 19.8 Å². The molecule has 0 aliphatic heterocycles. The van der Waals surface area contributed by atoms with E-state index in [4.69, 9.17) is 21.7 Å². The zero-order valence-electron chi connectivity index (χ0n) is 18.0. The Hall–Kier alpha value is -4.12. The standard InChI is InChI=1S/C22H23N5O5S/c1-31-17-9-8-14(12-18(17)32-2)10-11-27-20(29)16(19(28)25-22(27)30)13-23-26-21(33)24-15-6-4-3-5-7-15/h3-9,12-13,29H,10-11H2,1-2H3,(H2,24,26,33)(H,25,28,30). The number of nitrogens with zero attached hydrogens (tertiary/aromatic N) is 2. The van der Waals surface area contributed by atoms with Crippen molar-refractivity contribution in [2.75, 3.05) is 19.5 Å². The molecule has 0 fully saturated rings. The highest BCUT2D eigenvalue weighted by Gasteiger charge is 2.13. The second-order valence-corrected chi connectivity index (χ2v) is 7.19. The van der Waals surface area contributed by atoms with Crippen molar-refractivity contribution in [1.29, 1.82) is 0 Å². The predicted molar refractivity (Wildman–Crippen MR) is 130 cm³/mol. The van der Waals surface area contributed by atoms with Gasteiger partial charge in [-0.1, -0.05) is 24.3 Å². The third kappa shape index (κ3) is 5.98. The van der Waals surface area contributed by atoms with Crippen molar-refractivity contribution in [3.63, 3.8) is 0 Å². The molecule has 10 nitrogen and oxygen atoms in total. The average molecular weight is 470 g/mol. The van der Waals surface area contributed by atoms with Gasteiger partial charge in [0.2, 0.25) is 5.88 Å². The molecule has 0 saturated carbocycles. The number of ether oxygens (including phenoxy) is 2. The van der Waals surface area contributed by atoms with Crippen LogP contribution >= 0.6 is 12.2 Å². The molecule has 2 aromatic carbocycles. The Bertz CT molecular complexity index is 1270. The van der Waals surface area contributed by atoms with Crippen molar-refractivity contribution in [2.24, 2.45) is 5.10 Å². The molecule has 11 heteroatoms. The van der Waals surface area contributed by atoms with Gasteiger partial charge in [-0.15, -0.1) is 0 Å². The topological polar surface area (TPSA) is 130 Å². The van der Waals surface area contributed by atoms with E-state index < -0.39 is 17.1 Å². The van der Waals surface area contributed by atoms with Gasteiger partial charge in [0.1, 0.15) is 5.56 Å². The quantitative estimate of drug-likeness (QED) is 0.223. The second kappa shape index (κ2) is 11.0. The van der Waals surface area contributed by atoms with Crippen molar-refractivity contribution >= 4 is 29.2 Å². The highest BCUT2D eigenvalue weighted by Crippen LogP contribution is 2.27. The van der Waals surface area contributed by atoms with Gasteiger partial charge in [0, 0.05) is 12.2 Å². The number of H-pyrrole nitrogens is 1. The van der Waals surface area contributed by atoms with E-state index >= 15 is 0 Å². The maximum absolute atomic E-state index is 12.3. The number of hydrazone groups is 1. The van der Waals surface area contributed by atoms with Gasteiger partial charge in [0.25, 0.3) is 5.56 Å². The summed E-state index contributed by atoms with van der Waals surface area (Å²) in [6.07, 6.45) is 1.49. The van der Waals surface area contributed by atoms with E-state index in [1.54, 1.807) is 12.1 Å². The molecule has 3 aromatic rings. The number of thiocarbonyl (C=S) groups is 1. The summed E-state index contributed by atoms with van der Waals surface area (Å²) in [7, 11) is 3.07. The molecule has 0 unspecified atom stereocenters. The van der Waals surface area contributed by atoms with Crippen molar-refractivity contribution in [2.45, 2.75) is 13.0 Å². The Labute approximate surface area is 194 Å². The minimum atomic E-state index is -0.771. The monoisotopic (exact) mass is 469 g/mol. The molecule has 0 radical (unpaired) electrons. The molecule has 0 amide bonds. The fourth-order valence-corrected chi connectivity index (χ4v) is 3.18. The van der Waals surface area contributed by atoms with Gasteiger partial charge in [0.05, 0.1) is 20.4 Å². The van der Waals surface area contributed by atoms with Crippen LogP contribution in [-0.2, 0) is 13.0 Å². The number of aromatic hydroxyl groups is 1. The lowest BCUT2D eigenvalue weighted by molar-refractivity contribution is 0.354. The molecule has 0 aliphatic carbocycles. The lowest BCUT2D eigenvalue weighted by Gasteiger charge is -2.12. The molecule has 172 valence electrons. The number of hydrogen-bond acceptors (Lipinski definition) is 7. The summed E-state index contributed by atoms with van der Waals surface area (Å²) < 4.78 is 11.6. The van der Waals surface area contributed by atoms with Crippen LogP contribution in [0.25, 0.3) is 0 Å². The smallest absolute Gasteiger partial charge is 0.331 e. The Morgan fingerprint density at radius 3 is 2.58 bits per heavy atom. The number of aryl methyl sites for hydroxylation is 1. The van der Waals surface area contributed by atoms with E-state index in [1.165, 1.54) is 14.2 Å². The van der Waals surface area contributed by atoms with Gasteiger partial charge < -0.3 is 19.9 Å². The summed E-state index contributed by atoms with van der Waals surface area (Å²) in [4.78, 5) is 26.6. The number of nitrogens with one attached hydrogen (secondary N) is 3. The van der Waals surface area contributed by atoms with Crippen LogP contribution in [0, 0.1) is 0 Å². The normalized spacial score (nSPS) is 10.7. The molecule has 0 aliphatic rings. The Kier molecular flexibility index (Phi) is 7.82. The van der Waals surface area contributed by atoms with E-state index in [9.17, 15) is 14.7 Å². The lowest BCUT2D eigenvalue weighted by Crippen LogP contribution is -2.33. The third-order valence-corrected chi connectivity index (χ3v) is 4.86. The van der Waals surface area contributed by atoms with Crippen LogP contribution in [0.5, 0.6) is 17.4 Å². The van der Waals surface area contributed by atoms with Crippen molar-refractivity contribution in [3.05, 3.63) is 80.5 Å². The van der Waals surface area contributed by atoms with E-state index in [0.29, 0.717) is 17.9 Å². The van der Waals surface area contributed by atoms with E-state index in [2.05, 4.69) is 20.8 Å². The number of anilines is 1. The molecule has 33 heavy (non-hydrogen) atoms. The first-order valence-corrected chi connectivity index (χ1v) is 10.3. The fourth-order valence-electron chi connectivity index (χ4n) is 3.01. The number of benzene rings is 2. The van der Waals surface area contributed by atoms with Gasteiger partial charge in [0.15, 0.2) is 16.6 Å². The van der Waals surface area contributed by atoms with Gasteiger partial charge >= 0.3 is 5.69 Å². The van der Waals surface area contributed by atoms with E-state index in [0.717, 1.165) is 22.0 Å². The molecule has 0 spiro atoms. The zero-order valence-corrected chi connectivity index (χ0v) is 18.8. The maximum Gasteiger partial charge on any atom is 0.331 e. The van der Waals surface area contributed by atoms with Crippen molar-refractivity contribution < 1.29 is 14.6 Å².